The number of halogens is 1. The molecule has 1 aliphatic heterocycles. The van der Waals surface area contributed by atoms with Crippen LogP contribution < -0.4 is 0 Å². The molecule has 1 nitrogen and oxygen atoms in total. The van der Waals surface area contributed by atoms with Gasteiger partial charge in [0, 0.05) is 25.0 Å². The quantitative estimate of drug-likeness (QED) is 0.760. The molecule has 1 aromatic rings. The van der Waals surface area contributed by atoms with Gasteiger partial charge in [-0.2, -0.15) is 0 Å². The third-order valence-electron chi connectivity index (χ3n) is 3.93. The summed E-state index contributed by atoms with van der Waals surface area (Å²) in [6.45, 7) is 7.25. The molecule has 2 aliphatic rings. The van der Waals surface area contributed by atoms with Crippen LogP contribution in [0.5, 0.6) is 0 Å². The summed E-state index contributed by atoms with van der Waals surface area (Å²) >= 11 is 0. The first-order valence-corrected chi connectivity index (χ1v) is 7.08. The van der Waals surface area contributed by atoms with Crippen LogP contribution in [0.4, 0.5) is 4.39 Å². The third-order valence-corrected chi connectivity index (χ3v) is 3.93. The number of hydrogen-bond acceptors (Lipinski definition) is 1. The van der Waals surface area contributed by atoms with Gasteiger partial charge in [-0.1, -0.05) is 44.2 Å². The Morgan fingerprint density at radius 3 is 2.33 bits per heavy atom. The van der Waals surface area contributed by atoms with E-state index in [1.807, 2.05) is 19.9 Å². The summed E-state index contributed by atoms with van der Waals surface area (Å²) in [5, 5.41) is 0. The Hall–Kier alpha value is -0.890. The molecule has 0 amide bonds. The summed E-state index contributed by atoms with van der Waals surface area (Å²) < 4.78 is 14.1. The number of hydrogen-bond donors (Lipinski definition) is 0. The normalized spacial score (nSPS) is 28.9. The smallest absolute Gasteiger partial charge is 0.122 e. The molecule has 0 bridgehead atoms. The second-order valence-electron chi connectivity index (χ2n) is 5.66. The van der Waals surface area contributed by atoms with Crippen molar-refractivity contribution in [2.24, 2.45) is 0 Å². The second-order valence-corrected chi connectivity index (χ2v) is 5.66. The standard InChI is InChI=1S/C14H18FN.C2H6/c1-13(15)10-14(7-8-14)16(11-13)9-12-5-3-2-4-6-12;1-2/h2-6H,7-11H2,1H3;1-2H3. The zero-order chi connectivity index (χ0) is 13.2. The van der Waals surface area contributed by atoms with Crippen LogP contribution in [-0.4, -0.2) is 22.7 Å². The average molecular weight is 249 g/mol. The van der Waals surface area contributed by atoms with E-state index in [1.165, 1.54) is 18.4 Å². The van der Waals surface area contributed by atoms with E-state index in [4.69, 9.17) is 0 Å². The van der Waals surface area contributed by atoms with Crippen LogP contribution in [0.25, 0.3) is 0 Å². The van der Waals surface area contributed by atoms with Crippen molar-refractivity contribution in [2.45, 2.75) is 57.8 Å². The molecule has 2 heteroatoms. The predicted octanol–water partition coefficient (Wildman–Crippen LogP) is 4.18. The zero-order valence-corrected chi connectivity index (χ0v) is 11.7. The fourth-order valence-corrected chi connectivity index (χ4v) is 3.08. The fourth-order valence-electron chi connectivity index (χ4n) is 3.08. The molecule has 1 saturated carbocycles. The lowest BCUT2D eigenvalue weighted by Gasteiger charge is -2.23. The summed E-state index contributed by atoms with van der Waals surface area (Å²) in [5.41, 5.74) is 0.524. The number of alkyl halides is 1. The maximum Gasteiger partial charge on any atom is 0.122 e. The molecular formula is C16H24FN. The minimum absolute atomic E-state index is 0.208. The van der Waals surface area contributed by atoms with Crippen molar-refractivity contribution in [3.8, 4) is 0 Å². The lowest BCUT2D eigenvalue weighted by Crippen LogP contribution is -2.31. The van der Waals surface area contributed by atoms with Gasteiger partial charge in [0.05, 0.1) is 0 Å². The number of benzene rings is 1. The first-order valence-electron chi connectivity index (χ1n) is 7.08. The Morgan fingerprint density at radius 2 is 1.78 bits per heavy atom. The highest BCUT2D eigenvalue weighted by Crippen LogP contribution is 2.54. The molecule has 1 heterocycles. The predicted molar refractivity (Wildman–Crippen MR) is 74.3 cm³/mol. The molecule has 2 fully saturated rings. The minimum atomic E-state index is -0.981. The van der Waals surface area contributed by atoms with Crippen LogP contribution >= 0.6 is 0 Å². The summed E-state index contributed by atoms with van der Waals surface area (Å²) in [7, 11) is 0. The van der Waals surface area contributed by atoms with Crippen LogP contribution in [0.15, 0.2) is 30.3 Å². The zero-order valence-electron chi connectivity index (χ0n) is 11.7. The number of nitrogens with zero attached hydrogens (tertiary/aromatic N) is 1. The van der Waals surface area contributed by atoms with Gasteiger partial charge in [-0.05, 0) is 25.3 Å². The van der Waals surface area contributed by atoms with Gasteiger partial charge in [-0.15, -0.1) is 0 Å². The Bertz CT molecular complexity index is 381. The molecule has 18 heavy (non-hydrogen) atoms. The van der Waals surface area contributed by atoms with Crippen molar-refractivity contribution in [1.82, 2.24) is 4.90 Å². The molecule has 100 valence electrons. The van der Waals surface area contributed by atoms with Crippen molar-refractivity contribution in [2.75, 3.05) is 6.54 Å². The van der Waals surface area contributed by atoms with E-state index < -0.39 is 5.67 Å². The van der Waals surface area contributed by atoms with Gasteiger partial charge in [0.25, 0.3) is 0 Å². The molecule has 1 saturated heterocycles. The Balaban J connectivity index is 0.000000574. The van der Waals surface area contributed by atoms with E-state index in [-0.39, 0.29) is 5.54 Å². The molecule has 1 aromatic carbocycles. The highest BCUT2D eigenvalue weighted by molar-refractivity contribution is 5.19. The van der Waals surface area contributed by atoms with Gasteiger partial charge in [-0.3, -0.25) is 4.90 Å². The molecule has 1 unspecified atom stereocenters. The lowest BCUT2D eigenvalue weighted by molar-refractivity contribution is 0.180. The van der Waals surface area contributed by atoms with Crippen molar-refractivity contribution in [3.63, 3.8) is 0 Å². The van der Waals surface area contributed by atoms with Crippen LogP contribution in [0.2, 0.25) is 0 Å². The molecule has 1 spiro atoms. The molecular weight excluding hydrogens is 225 g/mol. The van der Waals surface area contributed by atoms with Gasteiger partial charge in [0.1, 0.15) is 5.67 Å². The lowest BCUT2D eigenvalue weighted by atomic mass is 10.0. The van der Waals surface area contributed by atoms with Crippen LogP contribution in [-0.2, 0) is 6.54 Å². The number of likely N-dealkylation sites (tertiary alicyclic amines) is 1. The van der Waals surface area contributed by atoms with E-state index in [1.54, 1.807) is 6.92 Å². The van der Waals surface area contributed by atoms with Crippen molar-refractivity contribution in [3.05, 3.63) is 35.9 Å². The molecule has 1 atom stereocenters. The van der Waals surface area contributed by atoms with Gasteiger partial charge in [0.15, 0.2) is 0 Å². The topological polar surface area (TPSA) is 3.24 Å². The van der Waals surface area contributed by atoms with Crippen molar-refractivity contribution in [1.29, 1.82) is 0 Å². The summed E-state index contributed by atoms with van der Waals surface area (Å²) in [6.07, 6.45) is 3.09. The molecule has 1 aliphatic carbocycles. The molecule has 0 radical (unpaired) electrons. The van der Waals surface area contributed by atoms with Crippen LogP contribution in [0, 0.1) is 0 Å². The molecule has 0 aromatic heterocycles. The summed E-state index contributed by atoms with van der Waals surface area (Å²) in [4.78, 5) is 2.35. The Morgan fingerprint density at radius 1 is 1.17 bits per heavy atom. The van der Waals surface area contributed by atoms with E-state index in [0.717, 1.165) is 13.0 Å². The monoisotopic (exact) mass is 249 g/mol. The Kier molecular flexibility index (Phi) is 3.76. The first kappa shape index (κ1) is 13.5. The van der Waals surface area contributed by atoms with Crippen molar-refractivity contribution >= 4 is 0 Å². The van der Waals surface area contributed by atoms with Crippen LogP contribution in [0.1, 0.15) is 45.6 Å². The highest BCUT2D eigenvalue weighted by Gasteiger charge is 2.58. The molecule has 0 N–H and O–H groups in total. The summed E-state index contributed by atoms with van der Waals surface area (Å²) in [6, 6.07) is 10.4. The maximum atomic E-state index is 14.1. The average Bonchev–Trinajstić information content (AvgIpc) is 3.06. The van der Waals surface area contributed by atoms with E-state index in [9.17, 15) is 4.39 Å². The SMILES string of the molecule is CC.CC1(F)CN(Cc2ccccc2)C2(CC2)C1. The van der Waals surface area contributed by atoms with Gasteiger partial charge in [-0.25, -0.2) is 4.39 Å². The van der Waals surface area contributed by atoms with E-state index >= 15 is 0 Å². The van der Waals surface area contributed by atoms with Crippen molar-refractivity contribution < 1.29 is 4.39 Å². The maximum absolute atomic E-state index is 14.1. The van der Waals surface area contributed by atoms with Gasteiger partial charge < -0.3 is 0 Å². The largest absolute Gasteiger partial charge is 0.290 e. The third kappa shape index (κ3) is 2.74. The Labute approximate surface area is 110 Å². The second kappa shape index (κ2) is 5.00. The number of rotatable bonds is 2. The van der Waals surface area contributed by atoms with E-state index in [0.29, 0.717) is 6.54 Å². The first-order chi connectivity index (χ1) is 8.60. The van der Waals surface area contributed by atoms with Crippen LogP contribution in [0.3, 0.4) is 0 Å². The molecule has 3 rings (SSSR count). The fraction of sp³-hybridized carbons (Fsp3) is 0.625. The summed E-state index contributed by atoms with van der Waals surface area (Å²) in [5.74, 6) is 0. The highest BCUT2D eigenvalue weighted by atomic mass is 19.1. The van der Waals surface area contributed by atoms with Gasteiger partial charge >= 0.3 is 0 Å². The minimum Gasteiger partial charge on any atom is -0.290 e. The van der Waals surface area contributed by atoms with Gasteiger partial charge in [0.2, 0.25) is 0 Å². The van der Waals surface area contributed by atoms with E-state index in [2.05, 4.69) is 29.2 Å².